The van der Waals surface area contributed by atoms with Crippen LogP contribution in [-0.4, -0.2) is 48.9 Å². The fourth-order valence-corrected chi connectivity index (χ4v) is 4.58. The first-order chi connectivity index (χ1) is 16.6. The maximum absolute atomic E-state index is 12.9. The summed E-state index contributed by atoms with van der Waals surface area (Å²) >= 11 is 0. The number of para-hydroxylation sites is 2. The number of likely N-dealkylation sites (tertiary alicyclic amines) is 1. The summed E-state index contributed by atoms with van der Waals surface area (Å²) < 4.78 is 4.03. The van der Waals surface area contributed by atoms with Gasteiger partial charge in [0.25, 0.3) is 0 Å². The van der Waals surface area contributed by atoms with Crippen LogP contribution in [0.1, 0.15) is 24.2 Å². The van der Waals surface area contributed by atoms with E-state index in [1.165, 1.54) is 0 Å². The van der Waals surface area contributed by atoms with Crippen LogP contribution in [0.3, 0.4) is 0 Å². The summed E-state index contributed by atoms with van der Waals surface area (Å²) in [6.07, 6.45) is 7.08. The van der Waals surface area contributed by atoms with Crippen molar-refractivity contribution in [3.05, 3.63) is 78.6 Å². The van der Waals surface area contributed by atoms with E-state index in [1.54, 1.807) is 12.5 Å². The van der Waals surface area contributed by atoms with Gasteiger partial charge in [0.1, 0.15) is 5.82 Å². The Morgan fingerprint density at radius 1 is 1.15 bits per heavy atom. The molecule has 8 nitrogen and oxygen atoms in total. The third-order valence-electron chi connectivity index (χ3n) is 6.47. The normalized spacial score (nSPS) is 15.7. The highest BCUT2D eigenvalue weighted by molar-refractivity contribution is 5.93. The molecule has 1 N–H and O–H groups in total. The third kappa shape index (κ3) is 4.71. The van der Waals surface area contributed by atoms with Crippen molar-refractivity contribution in [3.63, 3.8) is 0 Å². The molecule has 2 amide bonds. The minimum atomic E-state index is -0.197. The highest BCUT2D eigenvalue weighted by Gasteiger charge is 2.31. The Morgan fingerprint density at radius 2 is 2.03 bits per heavy atom. The second-order valence-electron chi connectivity index (χ2n) is 8.83. The lowest BCUT2D eigenvalue weighted by Gasteiger charge is -2.16. The van der Waals surface area contributed by atoms with Gasteiger partial charge in [-0.3, -0.25) is 9.59 Å². The summed E-state index contributed by atoms with van der Waals surface area (Å²) in [5.74, 6) is 0.741. The van der Waals surface area contributed by atoms with Crippen LogP contribution in [0.5, 0.6) is 0 Å². The number of carbonyl (C=O) groups excluding carboxylic acids is 2. The van der Waals surface area contributed by atoms with Crippen molar-refractivity contribution in [3.8, 4) is 0 Å². The molecule has 1 unspecified atom stereocenters. The summed E-state index contributed by atoms with van der Waals surface area (Å²) in [5, 5.41) is 3.03. The fraction of sp³-hybridized carbons (Fsp3) is 0.308. The number of benzene rings is 2. The van der Waals surface area contributed by atoms with Gasteiger partial charge in [-0.25, -0.2) is 9.97 Å². The van der Waals surface area contributed by atoms with Crippen molar-refractivity contribution in [2.45, 2.75) is 25.8 Å². The van der Waals surface area contributed by atoms with E-state index < -0.39 is 0 Å². The van der Waals surface area contributed by atoms with Crippen molar-refractivity contribution in [2.24, 2.45) is 13.0 Å². The number of hydrogen-bond acceptors (Lipinski definition) is 4. The predicted octanol–water partition coefficient (Wildman–Crippen LogP) is 3.24. The summed E-state index contributed by atoms with van der Waals surface area (Å²) in [6.45, 7) is 1.77. The average molecular weight is 457 g/mol. The predicted molar refractivity (Wildman–Crippen MR) is 130 cm³/mol. The van der Waals surface area contributed by atoms with E-state index in [9.17, 15) is 9.59 Å². The lowest BCUT2D eigenvalue weighted by Crippen LogP contribution is -2.31. The zero-order valence-corrected chi connectivity index (χ0v) is 19.2. The van der Waals surface area contributed by atoms with Gasteiger partial charge in [-0.2, -0.15) is 0 Å². The van der Waals surface area contributed by atoms with Gasteiger partial charge < -0.3 is 19.4 Å². The van der Waals surface area contributed by atoms with Crippen molar-refractivity contribution < 1.29 is 9.59 Å². The molecule has 1 aliphatic rings. The van der Waals surface area contributed by atoms with Crippen LogP contribution in [0.25, 0.3) is 11.0 Å². The number of anilines is 1. The van der Waals surface area contributed by atoms with Crippen LogP contribution >= 0.6 is 0 Å². The number of hydrogen-bond donors (Lipinski definition) is 1. The molecule has 1 fully saturated rings. The van der Waals surface area contributed by atoms with Crippen LogP contribution in [0.15, 0.2) is 67.3 Å². The van der Waals surface area contributed by atoms with E-state index >= 15 is 0 Å². The van der Waals surface area contributed by atoms with Crippen molar-refractivity contribution >= 4 is 28.5 Å². The molecule has 0 aliphatic carbocycles. The average Bonchev–Trinajstić information content (AvgIpc) is 3.59. The Labute approximate surface area is 198 Å². The molecule has 5 rings (SSSR count). The van der Waals surface area contributed by atoms with E-state index in [0.717, 1.165) is 28.1 Å². The molecular formula is C26H28N6O2. The molecule has 0 saturated carbocycles. The van der Waals surface area contributed by atoms with Crippen molar-refractivity contribution in [2.75, 3.05) is 18.4 Å². The number of imidazole rings is 2. The molecule has 4 aromatic rings. The Hall–Kier alpha value is -3.94. The topological polar surface area (TPSA) is 85.0 Å². The van der Waals surface area contributed by atoms with Gasteiger partial charge in [0, 0.05) is 57.6 Å². The highest BCUT2D eigenvalue weighted by atomic mass is 16.2. The lowest BCUT2D eigenvalue weighted by molar-refractivity contribution is -0.130. The van der Waals surface area contributed by atoms with E-state index in [2.05, 4.69) is 15.3 Å². The first-order valence-corrected chi connectivity index (χ1v) is 11.6. The number of amides is 2. The number of aromatic nitrogens is 4. The number of carbonyl (C=O) groups is 2. The Morgan fingerprint density at radius 3 is 2.85 bits per heavy atom. The molecule has 174 valence electrons. The second kappa shape index (κ2) is 9.51. The minimum absolute atomic E-state index is 0.0366. The molecule has 1 atom stereocenters. The van der Waals surface area contributed by atoms with Gasteiger partial charge >= 0.3 is 0 Å². The summed E-state index contributed by atoms with van der Waals surface area (Å²) in [5.41, 5.74) is 3.87. The molecule has 0 spiro atoms. The van der Waals surface area contributed by atoms with Gasteiger partial charge in [-0.15, -0.1) is 0 Å². The van der Waals surface area contributed by atoms with Crippen LogP contribution in [0, 0.1) is 5.92 Å². The van der Waals surface area contributed by atoms with E-state index in [4.69, 9.17) is 0 Å². The summed E-state index contributed by atoms with van der Waals surface area (Å²) in [7, 11) is 1.98. The number of fused-ring (bicyclic) bond motifs is 1. The van der Waals surface area contributed by atoms with Gasteiger partial charge in [0.05, 0.1) is 23.3 Å². The Balaban J connectivity index is 1.14. The Bertz CT molecular complexity index is 1310. The monoisotopic (exact) mass is 456 g/mol. The van der Waals surface area contributed by atoms with Crippen LogP contribution < -0.4 is 5.32 Å². The maximum Gasteiger partial charge on any atom is 0.229 e. The maximum atomic E-state index is 12.9. The molecule has 1 aliphatic heterocycles. The molecule has 3 heterocycles. The van der Waals surface area contributed by atoms with Crippen LogP contribution in [0.4, 0.5) is 5.69 Å². The SMILES string of the molecule is Cn1c(CCC(=O)N2CCC(C(=O)Nc3cccc(Cn4ccnc4)c3)C2)nc2ccccc21. The molecule has 8 heteroatoms. The fourth-order valence-electron chi connectivity index (χ4n) is 4.58. The largest absolute Gasteiger partial charge is 0.342 e. The third-order valence-corrected chi connectivity index (χ3v) is 6.47. The zero-order valence-electron chi connectivity index (χ0n) is 19.2. The minimum Gasteiger partial charge on any atom is -0.342 e. The second-order valence-corrected chi connectivity index (χ2v) is 8.83. The van der Waals surface area contributed by atoms with Crippen LogP contribution in [-0.2, 0) is 29.6 Å². The van der Waals surface area contributed by atoms with Crippen LogP contribution in [0.2, 0.25) is 0 Å². The molecule has 1 saturated heterocycles. The van der Waals surface area contributed by atoms with E-state index in [-0.39, 0.29) is 17.7 Å². The molecule has 2 aromatic heterocycles. The standard InChI is InChI=1S/C26H28N6O2/c1-30-23-8-3-2-7-22(23)29-24(30)9-10-25(33)32-13-11-20(17-32)26(34)28-21-6-4-5-19(15-21)16-31-14-12-27-18-31/h2-8,12,14-15,18,20H,9-11,13,16-17H2,1H3,(H,28,34). The molecule has 34 heavy (non-hydrogen) atoms. The number of aryl methyl sites for hydroxylation is 2. The molecule has 0 bridgehead atoms. The molecule has 2 aromatic carbocycles. The van der Waals surface area contributed by atoms with Gasteiger partial charge in [-0.1, -0.05) is 24.3 Å². The summed E-state index contributed by atoms with van der Waals surface area (Å²) in [4.78, 5) is 36.2. The van der Waals surface area contributed by atoms with E-state index in [0.29, 0.717) is 38.9 Å². The van der Waals surface area contributed by atoms with Gasteiger partial charge in [0.2, 0.25) is 11.8 Å². The lowest BCUT2D eigenvalue weighted by atomic mass is 10.1. The van der Waals surface area contributed by atoms with Crippen molar-refractivity contribution in [1.29, 1.82) is 0 Å². The number of nitrogens with one attached hydrogen (secondary N) is 1. The van der Waals surface area contributed by atoms with E-state index in [1.807, 2.05) is 75.8 Å². The van der Waals surface area contributed by atoms with Gasteiger partial charge in [-0.05, 0) is 36.2 Å². The number of rotatable bonds is 7. The number of nitrogens with zero attached hydrogens (tertiary/aromatic N) is 5. The zero-order chi connectivity index (χ0) is 23.5. The summed E-state index contributed by atoms with van der Waals surface area (Å²) in [6, 6.07) is 15.8. The molecule has 0 radical (unpaired) electrons. The smallest absolute Gasteiger partial charge is 0.229 e. The highest BCUT2D eigenvalue weighted by Crippen LogP contribution is 2.21. The first-order valence-electron chi connectivity index (χ1n) is 11.6. The first kappa shape index (κ1) is 21.9. The Kier molecular flexibility index (Phi) is 6.12. The van der Waals surface area contributed by atoms with Crippen molar-refractivity contribution in [1.82, 2.24) is 24.0 Å². The quantitative estimate of drug-likeness (QED) is 0.463. The van der Waals surface area contributed by atoms with Gasteiger partial charge in [0.15, 0.2) is 0 Å². The molecular weight excluding hydrogens is 428 g/mol.